The molecule has 21 heavy (non-hydrogen) atoms. The fourth-order valence-electron chi connectivity index (χ4n) is 3.66. The van der Waals surface area contributed by atoms with E-state index in [2.05, 4.69) is 78.8 Å². The highest BCUT2D eigenvalue weighted by molar-refractivity contribution is 5.43. The Morgan fingerprint density at radius 3 is 2.19 bits per heavy atom. The second kappa shape index (κ2) is 5.28. The standard InChI is InChI=1S/C20H30O/c1-15-12-13-20(16(2)14-15,21-18(3,4)5)19(6,7)17-10-8-9-11-17/h8,10-12,14H,9,13H2,1-7H3. The molecule has 2 rings (SSSR count). The van der Waals surface area contributed by atoms with Crippen LogP contribution in [0.1, 0.15) is 61.3 Å². The minimum absolute atomic E-state index is 0.0505. The Bertz CT molecular complexity index is 535. The van der Waals surface area contributed by atoms with Gasteiger partial charge in [-0.2, -0.15) is 0 Å². The average Bonchev–Trinajstić information content (AvgIpc) is 2.85. The Labute approximate surface area is 130 Å². The zero-order chi connectivity index (χ0) is 15.9. The largest absolute Gasteiger partial charge is 0.364 e. The van der Waals surface area contributed by atoms with Crippen LogP contribution in [0.25, 0.3) is 0 Å². The van der Waals surface area contributed by atoms with E-state index in [9.17, 15) is 0 Å². The maximum atomic E-state index is 6.72. The molecule has 0 fully saturated rings. The van der Waals surface area contributed by atoms with Crippen molar-refractivity contribution >= 4 is 0 Å². The van der Waals surface area contributed by atoms with Crippen molar-refractivity contribution in [3.63, 3.8) is 0 Å². The fraction of sp³-hybridized carbons (Fsp3) is 0.600. The quantitative estimate of drug-likeness (QED) is 0.642. The van der Waals surface area contributed by atoms with Crippen molar-refractivity contribution in [3.8, 4) is 0 Å². The Morgan fingerprint density at radius 2 is 1.71 bits per heavy atom. The molecule has 0 saturated carbocycles. The Kier molecular flexibility index (Phi) is 4.10. The van der Waals surface area contributed by atoms with Gasteiger partial charge in [0.1, 0.15) is 5.60 Å². The molecular weight excluding hydrogens is 256 g/mol. The summed E-state index contributed by atoms with van der Waals surface area (Å²) in [6.45, 7) is 15.5. The van der Waals surface area contributed by atoms with Crippen LogP contribution in [-0.2, 0) is 4.74 Å². The van der Waals surface area contributed by atoms with Crippen LogP contribution in [0.2, 0.25) is 0 Å². The summed E-state index contributed by atoms with van der Waals surface area (Å²) in [5.41, 5.74) is 3.58. The predicted molar refractivity (Wildman–Crippen MR) is 91.3 cm³/mol. The van der Waals surface area contributed by atoms with Gasteiger partial charge in [-0.15, -0.1) is 0 Å². The van der Waals surface area contributed by atoms with E-state index in [0.717, 1.165) is 12.8 Å². The first-order chi connectivity index (χ1) is 9.58. The number of hydrogen-bond donors (Lipinski definition) is 0. The lowest BCUT2D eigenvalue weighted by Gasteiger charge is -2.52. The van der Waals surface area contributed by atoms with Crippen LogP contribution >= 0.6 is 0 Å². The molecule has 0 aromatic rings. The molecule has 0 aromatic carbocycles. The molecule has 0 bridgehead atoms. The summed E-state index contributed by atoms with van der Waals surface area (Å²) in [6, 6.07) is 0. The highest BCUT2D eigenvalue weighted by atomic mass is 16.5. The molecule has 1 atom stereocenters. The lowest BCUT2D eigenvalue weighted by molar-refractivity contribution is -0.154. The molecule has 1 unspecified atom stereocenters. The molecule has 1 nitrogen and oxygen atoms in total. The zero-order valence-electron chi connectivity index (χ0n) is 14.7. The molecule has 1 heteroatoms. The van der Waals surface area contributed by atoms with Crippen LogP contribution in [0.3, 0.4) is 0 Å². The number of hydrogen-bond acceptors (Lipinski definition) is 1. The van der Waals surface area contributed by atoms with Gasteiger partial charge >= 0.3 is 0 Å². The van der Waals surface area contributed by atoms with E-state index in [0.29, 0.717) is 0 Å². The van der Waals surface area contributed by atoms with E-state index in [1.807, 2.05) is 0 Å². The van der Waals surface area contributed by atoms with Crippen molar-refractivity contribution in [2.45, 2.75) is 72.5 Å². The first-order valence-electron chi connectivity index (χ1n) is 8.01. The average molecular weight is 286 g/mol. The third-order valence-corrected chi connectivity index (χ3v) is 4.78. The Hall–Kier alpha value is -1.08. The van der Waals surface area contributed by atoms with Gasteiger partial charge in [0.15, 0.2) is 0 Å². The van der Waals surface area contributed by atoms with Crippen LogP contribution in [0.4, 0.5) is 0 Å². The van der Waals surface area contributed by atoms with E-state index in [1.165, 1.54) is 16.7 Å². The second-order valence-electron chi connectivity index (χ2n) is 7.94. The van der Waals surface area contributed by atoms with Gasteiger partial charge in [0.25, 0.3) is 0 Å². The molecule has 0 heterocycles. The minimum atomic E-state index is -0.273. The van der Waals surface area contributed by atoms with Gasteiger partial charge in [-0.3, -0.25) is 0 Å². The fourth-order valence-corrected chi connectivity index (χ4v) is 3.66. The number of allylic oxidation sites excluding steroid dienone is 5. The highest BCUT2D eigenvalue weighted by Crippen LogP contribution is 2.52. The van der Waals surface area contributed by atoms with Crippen LogP contribution in [0, 0.1) is 5.41 Å². The predicted octanol–water partition coefficient (Wildman–Crippen LogP) is 5.75. The topological polar surface area (TPSA) is 9.23 Å². The van der Waals surface area contributed by atoms with Crippen LogP contribution in [0.15, 0.2) is 47.1 Å². The SMILES string of the molecule is CC1=CCC(OC(C)(C)C)(C(C)(C)C2=CCC=C2)C(C)=C1. The monoisotopic (exact) mass is 286 g/mol. The summed E-state index contributed by atoms with van der Waals surface area (Å²) in [7, 11) is 0. The van der Waals surface area contributed by atoms with Crippen molar-refractivity contribution in [2.75, 3.05) is 0 Å². The zero-order valence-corrected chi connectivity index (χ0v) is 14.7. The molecule has 0 aliphatic heterocycles. The Balaban J connectivity index is 2.52. The molecule has 0 N–H and O–H groups in total. The van der Waals surface area contributed by atoms with Crippen LogP contribution in [-0.4, -0.2) is 11.2 Å². The molecule has 2 aliphatic carbocycles. The Morgan fingerprint density at radius 1 is 1.05 bits per heavy atom. The maximum absolute atomic E-state index is 6.72. The summed E-state index contributed by atoms with van der Waals surface area (Å²) in [5.74, 6) is 0. The lowest BCUT2D eigenvalue weighted by atomic mass is 9.63. The van der Waals surface area contributed by atoms with Gasteiger partial charge < -0.3 is 4.74 Å². The van der Waals surface area contributed by atoms with Crippen molar-refractivity contribution < 1.29 is 4.74 Å². The maximum Gasteiger partial charge on any atom is 0.102 e. The molecule has 0 saturated heterocycles. The summed E-state index contributed by atoms with van der Waals surface area (Å²) < 4.78 is 6.72. The van der Waals surface area contributed by atoms with Gasteiger partial charge in [-0.05, 0) is 58.6 Å². The molecule has 0 aromatic heterocycles. The smallest absolute Gasteiger partial charge is 0.102 e. The van der Waals surface area contributed by atoms with Crippen molar-refractivity contribution in [2.24, 2.45) is 5.41 Å². The molecule has 2 aliphatic rings. The first kappa shape index (κ1) is 16.3. The first-order valence-corrected chi connectivity index (χ1v) is 8.01. The molecule has 0 amide bonds. The molecular formula is C20H30O. The molecule has 0 spiro atoms. The molecule has 116 valence electrons. The number of rotatable bonds is 3. The van der Waals surface area contributed by atoms with Crippen LogP contribution < -0.4 is 0 Å². The van der Waals surface area contributed by atoms with E-state index in [1.54, 1.807) is 0 Å². The van der Waals surface area contributed by atoms with Gasteiger partial charge in [0, 0.05) is 5.41 Å². The number of ether oxygens (including phenoxy) is 1. The summed E-state index contributed by atoms with van der Waals surface area (Å²) in [5, 5.41) is 0. The van der Waals surface area contributed by atoms with Gasteiger partial charge in [0.05, 0.1) is 5.60 Å². The van der Waals surface area contributed by atoms with E-state index in [4.69, 9.17) is 4.74 Å². The highest BCUT2D eigenvalue weighted by Gasteiger charge is 2.51. The summed E-state index contributed by atoms with van der Waals surface area (Å²) in [4.78, 5) is 0. The summed E-state index contributed by atoms with van der Waals surface area (Å²) >= 11 is 0. The summed E-state index contributed by atoms with van der Waals surface area (Å²) in [6.07, 6.45) is 13.4. The van der Waals surface area contributed by atoms with Crippen molar-refractivity contribution in [1.82, 2.24) is 0 Å². The van der Waals surface area contributed by atoms with Gasteiger partial charge in [0.2, 0.25) is 0 Å². The lowest BCUT2D eigenvalue weighted by Crippen LogP contribution is -2.53. The normalized spacial score (nSPS) is 26.5. The van der Waals surface area contributed by atoms with E-state index >= 15 is 0 Å². The van der Waals surface area contributed by atoms with Crippen molar-refractivity contribution in [3.05, 3.63) is 47.1 Å². The van der Waals surface area contributed by atoms with E-state index < -0.39 is 0 Å². The molecule has 0 radical (unpaired) electrons. The minimum Gasteiger partial charge on any atom is -0.364 e. The van der Waals surface area contributed by atoms with E-state index in [-0.39, 0.29) is 16.6 Å². The second-order valence-corrected chi connectivity index (χ2v) is 7.94. The van der Waals surface area contributed by atoms with Gasteiger partial charge in [-0.25, -0.2) is 0 Å². The van der Waals surface area contributed by atoms with Crippen molar-refractivity contribution in [1.29, 1.82) is 0 Å². The van der Waals surface area contributed by atoms with Crippen LogP contribution in [0.5, 0.6) is 0 Å². The van der Waals surface area contributed by atoms with Gasteiger partial charge in [-0.1, -0.05) is 49.8 Å². The third-order valence-electron chi connectivity index (χ3n) is 4.78. The third kappa shape index (κ3) is 2.94.